The minimum Gasteiger partial charge on any atom is -0.497 e. The molecule has 6 nitrogen and oxygen atoms in total. The van der Waals surface area contributed by atoms with E-state index in [0.717, 1.165) is 6.26 Å². The number of methoxy groups -OCH3 is 1. The Bertz CT molecular complexity index is 511. The van der Waals surface area contributed by atoms with Gasteiger partial charge in [0.15, 0.2) is 5.71 Å². The second-order valence-corrected chi connectivity index (χ2v) is 4.94. The highest BCUT2D eigenvalue weighted by Gasteiger charge is 2.17. The van der Waals surface area contributed by atoms with Crippen molar-refractivity contribution in [2.75, 3.05) is 13.4 Å². The topological polar surface area (TPSA) is 88.8 Å². The van der Waals surface area contributed by atoms with E-state index in [-0.39, 0.29) is 11.6 Å². The van der Waals surface area contributed by atoms with Gasteiger partial charge in [-0.3, -0.25) is 4.28 Å². The fourth-order valence-electron chi connectivity index (χ4n) is 1.23. The standard InChI is InChI=1S/C10H12N2O4S/c1-15-9-5-3-8(4-6-9)10(7-11)12-16-17(2,13)14/h3,5-6,8H,4H2,1-2H3/b12-10+. The van der Waals surface area contributed by atoms with Crippen molar-refractivity contribution in [1.82, 2.24) is 0 Å². The van der Waals surface area contributed by atoms with E-state index in [4.69, 9.17) is 10.00 Å². The summed E-state index contributed by atoms with van der Waals surface area (Å²) in [6, 6.07) is 1.82. The van der Waals surface area contributed by atoms with Gasteiger partial charge in [-0.2, -0.15) is 13.7 Å². The Balaban J connectivity index is 2.76. The molecule has 0 aromatic carbocycles. The van der Waals surface area contributed by atoms with Gasteiger partial charge in [-0.1, -0.05) is 11.2 Å². The molecule has 0 N–H and O–H groups in total. The first-order valence-electron chi connectivity index (χ1n) is 4.75. The van der Waals surface area contributed by atoms with Gasteiger partial charge < -0.3 is 4.74 Å². The van der Waals surface area contributed by atoms with Crippen LogP contribution in [-0.4, -0.2) is 27.5 Å². The maximum Gasteiger partial charge on any atom is 0.325 e. The van der Waals surface area contributed by atoms with Crippen LogP contribution in [0, 0.1) is 17.2 Å². The Morgan fingerprint density at radius 1 is 1.65 bits per heavy atom. The average Bonchev–Trinajstić information content (AvgIpc) is 2.29. The molecule has 0 amide bonds. The third-order valence-electron chi connectivity index (χ3n) is 2.04. The minimum absolute atomic E-state index is 0.0121. The van der Waals surface area contributed by atoms with Crippen LogP contribution in [0.2, 0.25) is 0 Å². The van der Waals surface area contributed by atoms with Crippen LogP contribution in [0.15, 0.2) is 29.1 Å². The first-order valence-corrected chi connectivity index (χ1v) is 6.57. The number of allylic oxidation sites excluding steroid dienone is 3. The molecule has 1 rings (SSSR count). The summed E-state index contributed by atoms with van der Waals surface area (Å²) >= 11 is 0. The summed E-state index contributed by atoms with van der Waals surface area (Å²) in [7, 11) is -2.14. The fraction of sp³-hybridized carbons (Fsp3) is 0.400. The normalized spacial score (nSPS) is 20.4. The summed E-state index contributed by atoms with van der Waals surface area (Å²) in [6.07, 6.45) is 6.58. The molecule has 0 saturated heterocycles. The third-order valence-corrected chi connectivity index (χ3v) is 2.38. The highest BCUT2D eigenvalue weighted by atomic mass is 32.2. The van der Waals surface area contributed by atoms with Gasteiger partial charge in [-0.15, -0.1) is 0 Å². The van der Waals surface area contributed by atoms with E-state index < -0.39 is 10.1 Å². The summed E-state index contributed by atoms with van der Waals surface area (Å²) in [6.45, 7) is 0. The number of nitriles is 1. The Morgan fingerprint density at radius 2 is 2.35 bits per heavy atom. The zero-order valence-electron chi connectivity index (χ0n) is 9.45. The van der Waals surface area contributed by atoms with Crippen molar-refractivity contribution in [2.45, 2.75) is 6.42 Å². The second-order valence-electron chi connectivity index (χ2n) is 3.38. The van der Waals surface area contributed by atoms with Gasteiger partial charge in [-0.05, 0) is 18.6 Å². The molecular weight excluding hydrogens is 244 g/mol. The van der Waals surface area contributed by atoms with Crippen molar-refractivity contribution < 1.29 is 17.4 Å². The van der Waals surface area contributed by atoms with E-state index in [1.165, 1.54) is 0 Å². The van der Waals surface area contributed by atoms with Crippen molar-refractivity contribution >= 4 is 15.8 Å². The summed E-state index contributed by atoms with van der Waals surface area (Å²) in [5.74, 6) is 0.406. The van der Waals surface area contributed by atoms with Crippen molar-refractivity contribution in [1.29, 1.82) is 5.26 Å². The minimum atomic E-state index is -3.69. The quantitative estimate of drug-likeness (QED) is 0.552. The molecule has 0 heterocycles. The van der Waals surface area contributed by atoms with Crippen LogP contribution >= 0.6 is 0 Å². The van der Waals surface area contributed by atoms with E-state index in [1.807, 2.05) is 6.07 Å². The van der Waals surface area contributed by atoms with Crippen LogP contribution in [0.5, 0.6) is 0 Å². The highest BCUT2D eigenvalue weighted by molar-refractivity contribution is 7.85. The SMILES string of the molecule is COC1=CCC(/C(C#N)=N/OS(C)(=O)=O)C=C1. The Hall–Kier alpha value is -1.81. The number of oxime groups is 1. The highest BCUT2D eigenvalue weighted by Crippen LogP contribution is 2.18. The molecule has 0 spiro atoms. The van der Waals surface area contributed by atoms with Gasteiger partial charge in [-0.25, -0.2) is 0 Å². The molecule has 1 aliphatic rings. The number of hydrogen-bond donors (Lipinski definition) is 0. The maximum atomic E-state index is 10.7. The summed E-state index contributed by atoms with van der Waals surface area (Å²) in [5, 5.41) is 12.2. The van der Waals surface area contributed by atoms with Crippen molar-refractivity contribution in [3.8, 4) is 6.07 Å². The van der Waals surface area contributed by atoms with Crippen LogP contribution in [0.1, 0.15) is 6.42 Å². The molecular formula is C10H12N2O4S. The smallest absolute Gasteiger partial charge is 0.325 e. The lowest BCUT2D eigenvalue weighted by molar-refractivity contribution is 0.302. The second kappa shape index (κ2) is 5.50. The molecule has 1 unspecified atom stereocenters. The van der Waals surface area contributed by atoms with Crippen LogP contribution in [0.3, 0.4) is 0 Å². The first kappa shape index (κ1) is 13.3. The zero-order valence-corrected chi connectivity index (χ0v) is 10.3. The largest absolute Gasteiger partial charge is 0.497 e. The van der Waals surface area contributed by atoms with Crippen LogP contribution < -0.4 is 0 Å². The predicted molar refractivity (Wildman–Crippen MR) is 61.3 cm³/mol. The maximum absolute atomic E-state index is 10.7. The lowest BCUT2D eigenvalue weighted by atomic mass is 9.96. The molecule has 0 aromatic heterocycles. The third kappa shape index (κ3) is 4.28. The molecule has 0 fully saturated rings. The number of hydrogen-bond acceptors (Lipinski definition) is 6. The van der Waals surface area contributed by atoms with E-state index >= 15 is 0 Å². The Morgan fingerprint density at radius 3 is 2.76 bits per heavy atom. The molecule has 0 saturated carbocycles. The molecule has 0 radical (unpaired) electrons. The van der Waals surface area contributed by atoms with Gasteiger partial charge >= 0.3 is 10.1 Å². The van der Waals surface area contributed by atoms with Crippen molar-refractivity contribution in [3.05, 3.63) is 24.0 Å². The molecule has 1 atom stereocenters. The van der Waals surface area contributed by atoms with E-state index in [1.54, 1.807) is 25.3 Å². The van der Waals surface area contributed by atoms with E-state index in [2.05, 4.69) is 9.44 Å². The van der Waals surface area contributed by atoms with E-state index in [0.29, 0.717) is 12.2 Å². The van der Waals surface area contributed by atoms with Gasteiger partial charge in [0.1, 0.15) is 11.8 Å². The van der Waals surface area contributed by atoms with E-state index in [9.17, 15) is 8.42 Å². The number of rotatable bonds is 4. The molecule has 0 aliphatic heterocycles. The summed E-state index contributed by atoms with van der Waals surface area (Å²) in [5.41, 5.74) is 0.0121. The van der Waals surface area contributed by atoms with Crippen LogP contribution in [0.25, 0.3) is 0 Å². The molecule has 17 heavy (non-hydrogen) atoms. The predicted octanol–water partition coefficient (Wildman–Crippen LogP) is 0.949. The monoisotopic (exact) mass is 256 g/mol. The Kier molecular flexibility index (Phi) is 4.29. The zero-order chi connectivity index (χ0) is 12.9. The van der Waals surface area contributed by atoms with Gasteiger partial charge in [0.25, 0.3) is 0 Å². The first-order chi connectivity index (χ1) is 7.96. The molecule has 92 valence electrons. The van der Waals surface area contributed by atoms with Gasteiger partial charge in [0.2, 0.25) is 0 Å². The summed E-state index contributed by atoms with van der Waals surface area (Å²) in [4.78, 5) is 0. The molecule has 0 bridgehead atoms. The number of nitrogens with zero attached hydrogens (tertiary/aromatic N) is 2. The molecule has 1 aliphatic carbocycles. The molecule has 7 heteroatoms. The number of ether oxygens (including phenoxy) is 1. The van der Waals surface area contributed by atoms with Crippen molar-refractivity contribution in [2.24, 2.45) is 11.1 Å². The lowest BCUT2D eigenvalue weighted by Crippen LogP contribution is -2.13. The lowest BCUT2D eigenvalue weighted by Gasteiger charge is -2.13. The Labute approximate surface area is 99.9 Å². The van der Waals surface area contributed by atoms with Gasteiger partial charge in [0.05, 0.1) is 13.4 Å². The van der Waals surface area contributed by atoms with Crippen molar-refractivity contribution in [3.63, 3.8) is 0 Å². The van der Waals surface area contributed by atoms with Gasteiger partial charge in [0, 0.05) is 5.92 Å². The average molecular weight is 256 g/mol. The van der Waals surface area contributed by atoms with Crippen LogP contribution in [-0.2, 0) is 19.1 Å². The van der Waals surface area contributed by atoms with Crippen LogP contribution in [0.4, 0.5) is 0 Å². The molecule has 0 aromatic rings. The summed E-state index contributed by atoms with van der Waals surface area (Å²) < 4.78 is 30.7. The fourth-order valence-corrected chi connectivity index (χ4v) is 1.45.